The third-order valence-electron chi connectivity index (χ3n) is 4.69. The summed E-state index contributed by atoms with van der Waals surface area (Å²) in [6, 6.07) is 10.8. The molecule has 0 atom stereocenters. The fourth-order valence-electron chi connectivity index (χ4n) is 3.38. The minimum atomic E-state index is 0.0762. The normalized spacial score (nSPS) is 16.3. The lowest BCUT2D eigenvalue weighted by Gasteiger charge is -2.32. The maximum absolute atomic E-state index is 12.3. The first kappa shape index (κ1) is 16.3. The molecule has 1 fully saturated rings. The number of hydrogen-bond acceptors (Lipinski definition) is 4. The second kappa shape index (κ2) is 7.37. The lowest BCUT2D eigenvalue weighted by Crippen LogP contribution is -2.44. The monoisotopic (exact) mass is 354 g/mol. The molecule has 5 nitrogen and oxygen atoms in total. The van der Waals surface area contributed by atoms with E-state index in [0.717, 1.165) is 43.1 Å². The van der Waals surface area contributed by atoms with E-state index in [1.807, 2.05) is 22.2 Å². The lowest BCUT2D eigenvalue weighted by molar-refractivity contribution is -0.121. The predicted octanol–water partition coefficient (Wildman–Crippen LogP) is 2.72. The minimum Gasteiger partial charge on any atom is -0.353 e. The number of rotatable bonds is 5. The summed E-state index contributed by atoms with van der Waals surface area (Å²) >= 11 is 1.59. The molecule has 3 heterocycles. The van der Waals surface area contributed by atoms with Crippen molar-refractivity contribution in [1.29, 1.82) is 0 Å². The largest absolute Gasteiger partial charge is 0.353 e. The van der Waals surface area contributed by atoms with Gasteiger partial charge in [-0.3, -0.25) is 14.1 Å². The van der Waals surface area contributed by atoms with Crippen LogP contribution in [0.15, 0.2) is 48.1 Å². The summed E-state index contributed by atoms with van der Waals surface area (Å²) in [5, 5.41) is 5.17. The van der Waals surface area contributed by atoms with E-state index >= 15 is 0 Å². The fourth-order valence-corrected chi connectivity index (χ4v) is 4.10. The van der Waals surface area contributed by atoms with Crippen LogP contribution in [0.25, 0.3) is 4.96 Å². The van der Waals surface area contributed by atoms with Crippen molar-refractivity contribution in [2.75, 3.05) is 13.1 Å². The Balaban J connectivity index is 1.24. The van der Waals surface area contributed by atoms with Gasteiger partial charge in [-0.2, -0.15) is 0 Å². The van der Waals surface area contributed by atoms with Crippen LogP contribution in [0.1, 0.15) is 24.1 Å². The van der Waals surface area contributed by atoms with Gasteiger partial charge in [-0.15, -0.1) is 11.3 Å². The molecule has 130 valence electrons. The highest BCUT2D eigenvalue weighted by Crippen LogP contribution is 2.15. The summed E-state index contributed by atoms with van der Waals surface area (Å²) in [7, 11) is 0. The average molecular weight is 354 g/mol. The van der Waals surface area contributed by atoms with Crippen LogP contribution in [0.3, 0.4) is 0 Å². The van der Waals surface area contributed by atoms with E-state index in [2.05, 4.69) is 45.5 Å². The zero-order valence-corrected chi connectivity index (χ0v) is 14.9. The quantitative estimate of drug-likeness (QED) is 0.766. The zero-order chi connectivity index (χ0) is 17.1. The van der Waals surface area contributed by atoms with Crippen LogP contribution in [0.4, 0.5) is 0 Å². The number of piperidine rings is 1. The highest BCUT2D eigenvalue weighted by atomic mass is 32.1. The van der Waals surface area contributed by atoms with E-state index in [-0.39, 0.29) is 11.9 Å². The summed E-state index contributed by atoms with van der Waals surface area (Å²) in [6.45, 7) is 3.05. The van der Waals surface area contributed by atoms with Crippen LogP contribution in [0, 0.1) is 0 Å². The van der Waals surface area contributed by atoms with Gasteiger partial charge >= 0.3 is 0 Å². The van der Waals surface area contributed by atoms with Crippen molar-refractivity contribution in [3.63, 3.8) is 0 Å². The number of likely N-dealkylation sites (tertiary alicyclic amines) is 1. The molecule has 0 saturated carbocycles. The molecule has 3 aromatic rings. The first-order valence-electron chi connectivity index (χ1n) is 8.73. The van der Waals surface area contributed by atoms with Crippen molar-refractivity contribution in [2.45, 2.75) is 31.8 Å². The molecule has 1 saturated heterocycles. The van der Waals surface area contributed by atoms with Crippen molar-refractivity contribution in [2.24, 2.45) is 0 Å². The molecule has 1 aromatic carbocycles. The van der Waals surface area contributed by atoms with Crippen molar-refractivity contribution in [1.82, 2.24) is 19.6 Å². The smallest absolute Gasteiger partial charge is 0.226 e. The van der Waals surface area contributed by atoms with Crippen LogP contribution >= 0.6 is 11.3 Å². The number of fused-ring (bicyclic) bond motifs is 1. The zero-order valence-electron chi connectivity index (χ0n) is 14.1. The van der Waals surface area contributed by atoms with E-state index in [4.69, 9.17) is 0 Å². The number of thiazole rings is 1. The van der Waals surface area contributed by atoms with E-state index < -0.39 is 0 Å². The molecule has 1 aliphatic rings. The summed E-state index contributed by atoms with van der Waals surface area (Å²) in [5.74, 6) is 0.0762. The second-order valence-electron chi connectivity index (χ2n) is 6.61. The molecule has 6 heteroatoms. The molecule has 2 aromatic heterocycles. The van der Waals surface area contributed by atoms with Crippen LogP contribution in [-0.4, -0.2) is 39.3 Å². The molecule has 25 heavy (non-hydrogen) atoms. The lowest BCUT2D eigenvalue weighted by atomic mass is 10.0. The Hall–Kier alpha value is -2.18. The summed E-state index contributed by atoms with van der Waals surface area (Å²) in [6.07, 6.45) is 6.29. The highest BCUT2D eigenvalue weighted by molar-refractivity contribution is 7.15. The molecule has 0 unspecified atom stereocenters. The van der Waals surface area contributed by atoms with Gasteiger partial charge in [-0.1, -0.05) is 30.3 Å². The van der Waals surface area contributed by atoms with Gasteiger partial charge < -0.3 is 5.32 Å². The Kier molecular flexibility index (Phi) is 4.81. The van der Waals surface area contributed by atoms with Crippen molar-refractivity contribution in [3.05, 3.63) is 59.4 Å². The van der Waals surface area contributed by atoms with Crippen LogP contribution < -0.4 is 5.32 Å². The highest BCUT2D eigenvalue weighted by Gasteiger charge is 2.21. The Bertz CT molecular complexity index is 805. The maximum atomic E-state index is 12.3. The third kappa shape index (κ3) is 4.08. The topological polar surface area (TPSA) is 49.6 Å². The molecule has 0 aliphatic carbocycles. The SMILES string of the molecule is O=C(Cc1cn2ccsc2n1)NC1CCN(Cc2ccccc2)CC1. The molecular weight excluding hydrogens is 332 g/mol. The Morgan fingerprint density at radius 2 is 2.04 bits per heavy atom. The standard InChI is InChI=1S/C19H22N4OS/c24-18(12-17-14-23-10-11-25-19(23)21-17)20-16-6-8-22(9-7-16)13-15-4-2-1-3-5-15/h1-5,10-11,14,16H,6-9,12-13H2,(H,20,24). The van der Waals surface area contributed by atoms with Crippen LogP contribution in [-0.2, 0) is 17.8 Å². The summed E-state index contributed by atoms with van der Waals surface area (Å²) < 4.78 is 1.97. The Labute approximate surface area is 151 Å². The van der Waals surface area contributed by atoms with Crippen molar-refractivity contribution >= 4 is 22.2 Å². The third-order valence-corrected chi connectivity index (χ3v) is 5.46. The maximum Gasteiger partial charge on any atom is 0.226 e. The number of carbonyl (C=O) groups is 1. The van der Waals surface area contributed by atoms with Crippen molar-refractivity contribution in [3.8, 4) is 0 Å². The van der Waals surface area contributed by atoms with E-state index in [1.165, 1.54) is 5.56 Å². The second-order valence-corrected chi connectivity index (χ2v) is 7.48. The predicted molar refractivity (Wildman–Crippen MR) is 99.7 cm³/mol. The molecule has 0 radical (unpaired) electrons. The molecule has 0 bridgehead atoms. The number of aromatic nitrogens is 2. The van der Waals surface area contributed by atoms with E-state index in [1.54, 1.807) is 11.3 Å². The minimum absolute atomic E-state index is 0.0762. The number of amides is 1. The van der Waals surface area contributed by atoms with E-state index in [9.17, 15) is 4.79 Å². The average Bonchev–Trinajstić information content (AvgIpc) is 3.19. The molecule has 1 N–H and O–H groups in total. The molecule has 4 rings (SSSR count). The number of carbonyl (C=O) groups excluding carboxylic acids is 1. The van der Waals surface area contributed by atoms with Gasteiger partial charge in [0, 0.05) is 43.4 Å². The van der Waals surface area contributed by atoms with Gasteiger partial charge in [0.25, 0.3) is 0 Å². The molecule has 0 spiro atoms. The van der Waals surface area contributed by atoms with Gasteiger partial charge in [0.2, 0.25) is 5.91 Å². The first-order valence-corrected chi connectivity index (χ1v) is 9.61. The number of hydrogen-bond donors (Lipinski definition) is 1. The van der Waals surface area contributed by atoms with Crippen LogP contribution in [0.5, 0.6) is 0 Å². The van der Waals surface area contributed by atoms with Gasteiger partial charge in [0.1, 0.15) is 0 Å². The number of nitrogens with one attached hydrogen (secondary N) is 1. The summed E-state index contributed by atoms with van der Waals surface area (Å²) in [5.41, 5.74) is 2.19. The Morgan fingerprint density at radius 3 is 2.80 bits per heavy atom. The van der Waals surface area contributed by atoms with E-state index in [0.29, 0.717) is 6.42 Å². The summed E-state index contributed by atoms with van der Waals surface area (Å²) in [4.78, 5) is 20.2. The molecular formula is C19H22N4OS. The van der Waals surface area contributed by atoms with Crippen LogP contribution in [0.2, 0.25) is 0 Å². The van der Waals surface area contributed by atoms with Crippen molar-refractivity contribution < 1.29 is 4.79 Å². The number of imidazole rings is 1. The molecule has 1 aliphatic heterocycles. The number of benzene rings is 1. The van der Waals surface area contributed by atoms with Gasteiger partial charge in [-0.25, -0.2) is 4.98 Å². The van der Waals surface area contributed by atoms with Gasteiger partial charge in [0.15, 0.2) is 4.96 Å². The Morgan fingerprint density at radius 1 is 1.24 bits per heavy atom. The number of nitrogens with zero attached hydrogens (tertiary/aromatic N) is 3. The first-order chi connectivity index (χ1) is 12.3. The van der Waals surface area contributed by atoms with Gasteiger partial charge in [-0.05, 0) is 18.4 Å². The fraction of sp³-hybridized carbons (Fsp3) is 0.368. The van der Waals surface area contributed by atoms with Gasteiger partial charge in [0.05, 0.1) is 12.1 Å². The molecule has 1 amide bonds.